The molecule has 3 heteroatoms. The van der Waals surface area contributed by atoms with E-state index in [0.29, 0.717) is 0 Å². The number of ether oxygens (including phenoxy) is 1. The molecule has 0 unspecified atom stereocenters. The van der Waals surface area contributed by atoms with E-state index in [1.165, 1.54) is 12.8 Å². The van der Waals surface area contributed by atoms with Crippen molar-refractivity contribution in [3.05, 3.63) is 18.2 Å². The molecule has 0 radical (unpaired) electrons. The van der Waals surface area contributed by atoms with Crippen LogP contribution in [0, 0.1) is 0 Å². The molecule has 1 aliphatic heterocycles. The zero-order valence-electron chi connectivity index (χ0n) is 8.49. The van der Waals surface area contributed by atoms with Gasteiger partial charge in [0, 0.05) is 13.1 Å². The van der Waals surface area contributed by atoms with Gasteiger partial charge in [-0.25, -0.2) is 0 Å². The number of nitrogens with zero attached hydrogens (tertiary/aromatic N) is 1. The molecular formula is C11H16N2O. The third kappa shape index (κ3) is 1.50. The molecule has 2 rings (SSSR count). The van der Waals surface area contributed by atoms with Gasteiger partial charge in [-0.1, -0.05) is 6.07 Å². The Hall–Kier alpha value is -1.38. The van der Waals surface area contributed by atoms with E-state index in [0.717, 1.165) is 30.2 Å². The molecule has 0 spiro atoms. The summed E-state index contributed by atoms with van der Waals surface area (Å²) in [5, 5.41) is 0. The number of rotatable bonds is 2. The SMILES string of the molecule is COc1cccc(N2CCCC2)c1N. The molecule has 0 amide bonds. The van der Waals surface area contributed by atoms with Gasteiger partial charge in [-0.3, -0.25) is 0 Å². The number of nitrogen functional groups attached to an aromatic ring is 1. The molecule has 0 atom stereocenters. The van der Waals surface area contributed by atoms with E-state index in [1.54, 1.807) is 7.11 Å². The second-order valence-electron chi connectivity index (χ2n) is 3.59. The molecule has 3 nitrogen and oxygen atoms in total. The fraction of sp³-hybridized carbons (Fsp3) is 0.455. The summed E-state index contributed by atoms with van der Waals surface area (Å²) in [4.78, 5) is 2.32. The van der Waals surface area contributed by atoms with Gasteiger partial charge in [0.05, 0.1) is 18.5 Å². The standard InChI is InChI=1S/C11H16N2O/c1-14-10-6-4-5-9(11(10)12)13-7-2-3-8-13/h4-6H,2-3,7-8,12H2,1H3. The van der Waals surface area contributed by atoms with Crippen LogP contribution in [0.15, 0.2) is 18.2 Å². The van der Waals surface area contributed by atoms with Gasteiger partial charge in [0.15, 0.2) is 0 Å². The van der Waals surface area contributed by atoms with Crippen LogP contribution in [0.1, 0.15) is 12.8 Å². The van der Waals surface area contributed by atoms with Crippen molar-refractivity contribution in [1.29, 1.82) is 0 Å². The summed E-state index contributed by atoms with van der Waals surface area (Å²) >= 11 is 0. The van der Waals surface area contributed by atoms with Crippen molar-refractivity contribution in [3.63, 3.8) is 0 Å². The molecule has 1 heterocycles. The lowest BCUT2D eigenvalue weighted by Crippen LogP contribution is -2.19. The molecule has 14 heavy (non-hydrogen) atoms. The minimum atomic E-state index is 0.761. The maximum absolute atomic E-state index is 6.01. The molecule has 0 saturated carbocycles. The van der Waals surface area contributed by atoms with Crippen LogP contribution >= 0.6 is 0 Å². The molecule has 1 aliphatic rings. The highest BCUT2D eigenvalue weighted by Crippen LogP contribution is 2.33. The van der Waals surface area contributed by atoms with Crippen LogP contribution in [0.2, 0.25) is 0 Å². The highest BCUT2D eigenvalue weighted by atomic mass is 16.5. The summed E-state index contributed by atoms with van der Waals surface area (Å²) in [6.07, 6.45) is 2.52. The molecule has 0 bridgehead atoms. The summed E-state index contributed by atoms with van der Waals surface area (Å²) in [5.74, 6) is 0.773. The topological polar surface area (TPSA) is 38.5 Å². The Kier molecular flexibility index (Phi) is 2.48. The molecule has 76 valence electrons. The van der Waals surface area contributed by atoms with E-state index in [2.05, 4.69) is 11.0 Å². The van der Waals surface area contributed by atoms with Crippen molar-refractivity contribution in [3.8, 4) is 5.75 Å². The number of hydrogen-bond donors (Lipinski definition) is 1. The van der Waals surface area contributed by atoms with Gasteiger partial charge < -0.3 is 15.4 Å². The van der Waals surface area contributed by atoms with Crippen molar-refractivity contribution in [1.82, 2.24) is 0 Å². The van der Waals surface area contributed by atoms with Crippen LogP contribution in [-0.4, -0.2) is 20.2 Å². The van der Waals surface area contributed by atoms with Crippen molar-refractivity contribution in [2.45, 2.75) is 12.8 Å². The second kappa shape index (κ2) is 3.78. The van der Waals surface area contributed by atoms with Gasteiger partial charge in [0.25, 0.3) is 0 Å². The van der Waals surface area contributed by atoms with E-state index >= 15 is 0 Å². The van der Waals surface area contributed by atoms with Gasteiger partial charge >= 0.3 is 0 Å². The Bertz CT molecular complexity index is 319. The lowest BCUT2D eigenvalue weighted by Gasteiger charge is -2.20. The quantitative estimate of drug-likeness (QED) is 0.727. The normalized spacial score (nSPS) is 15.9. The summed E-state index contributed by atoms with van der Waals surface area (Å²) in [5.41, 5.74) is 7.88. The molecule has 1 saturated heterocycles. The average molecular weight is 192 g/mol. The smallest absolute Gasteiger partial charge is 0.143 e. The lowest BCUT2D eigenvalue weighted by molar-refractivity contribution is 0.417. The summed E-state index contributed by atoms with van der Waals surface area (Å²) in [6.45, 7) is 2.22. The Morgan fingerprint density at radius 1 is 1.29 bits per heavy atom. The Morgan fingerprint density at radius 2 is 2.00 bits per heavy atom. The average Bonchev–Trinajstić information content (AvgIpc) is 2.71. The predicted octanol–water partition coefficient (Wildman–Crippen LogP) is 1.88. The molecule has 2 N–H and O–H groups in total. The van der Waals surface area contributed by atoms with Crippen LogP contribution in [0.5, 0.6) is 5.75 Å². The van der Waals surface area contributed by atoms with Crippen molar-refractivity contribution in [2.75, 3.05) is 30.8 Å². The highest BCUT2D eigenvalue weighted by Gasteiger charge is 2.16. The fourth-order valence-corrected chi connectivity index (χ4v) is 1.94. The van der Waals surface area contributed by atoms with Gasteiger partial charge in [-0.2, -0.15) is 0 Å². The highest BCUT2D eigenvalue weighted by molar-refractivity contribution is 5.74. The summed E-state index contributed by atoms with van der Waals surface area (Å²) in [6, 6.07) is 5.95. The van der Waals surface area contributed by atoms with E-state index in [9.17, 15) is 0 Å². The first-order valence-corrected chi connectivity index (χ1v) is 5.00. The van der Waals surface area contributed by atoms with E-state index in [1.807, 2.05) is 12.1 Å². The maximum Gasteiger partial charge on any atom is 0.143 e. The third-order valence-corrected chi connectivity index (χ3v) is 2.71. The van der Waals surface area contributed by atoms with Crippen LogP contribution in [0.3, 0.4) is 0 Å². The first kappa shape index (κ1) is 9.19. The minimum Gasteiger partial charge on any atom is -0.495 e. The number of anilines is 2. The zero-order valence-corrected chi connectivity index (χ0v) is 8.49. The third-order valence-electron chi connectivity index (χ3n) is 2.71. The first-order chi connectivity index (χ1) is 6.83. The van der Waals surface area contributed by atoms with Gasteiger partial charge in [-0.15, -0.1) is 0 Å². The van der Waals surface area contributed by atoms with Gasteiger partial charge in [0.2, 0.25) is 0 Å². The first-order valence-electron chi connectivity index (χ1n) is 5.00. The fourth-order valence-electron chi connectivity index (χ4n) is 1.94. The number of methoxy groups -OCH3 is 1. The molecular weight excluding hydrogens is 176 g/mol. The molecule has 0 aliphatic carbocycles. The molecule has 1 aromatic carbocycles. The number of hydrogen-bond acceptors (Lipinski definition) is 3. The molecule has 0 aromatic heterocycles. The van der Waals surface area contributed by atoms with Crippen molar-refractivity contribution < 1.29 is 4.74 Å². The van der Waals surface area contributed by atoms with Crippen molar-refractivity contribution in [2.24, 2.45) is 0 Å². The number of benzene rings is 1. The monoisotopic (exact) mass is 192 g/mol. The Morgan fingerprint density at radius 3 is 2.64 bits per heavy atom. The molecule has 1 fully saturated rings. The second-order valence-corrected chi connectivity index (χ2v) is 3.59. The largest absolute Gasteiger partial charge is 0.495 e. The van der Waals surface area contributed by atoms with Crippen LogP contribution in [-0.2, 0) is 0 Å². The summed E-state index contributed by atoms with van der Waals surface area (Å²) < 4.78 is 5.19. The lowest BCUT2D eigenvalue weighted by atomic mass is 10.2. The van der Waals surface area contributed by atoms with Crippen LogP contribution < -0.4 is 15.4 Å². The Labute approximate surface area is 84.5 Å². The van der Waals surface area contributed by atoms with Crippen molar-refractivity contribution >= 4 is 11.4 Å². The van der Waals surface area contributed by atoms with Gasteiger partial charge in [0.1, 0.15) is 5.75 Å². The summed E-state index contributed by atoms with van der Waals surface area (Å²) in [7, 11) is 1.65. The minimum absolute atomic E-state index is 0.761. The number of nitrogens with two attached hydrogens (primary N) is 1. The van der Waals surface area contributed by atoms with E-state index in [-0.39, 0.29) is 0 Å². The maximum atomic E-state index is 6.01. The predicted molar refractivity (Wildman–Crippen MR) is 58.9 cm³/mol. The van der Waals surface area contributed by atoms with Crippen LogP contribution in [0.4, 0.5) is 11.4 Å². The van der Waals surface area contributed by atoms with E-state index < -0.39 is 0 Å². The molecule has 1 aromatic rings. The van der Waals surface area contributed by atoms with Crippen LogP contribution in [0.25, 0.3) is 0 Å². The van der Waals surface area contributed by atoms with E-state index in [4.69, 9.17) is 10.5 Å². The zero-order chi connectivity index (χ0) is 9.97. The Balaban J connectivity index is 2.32. The van der Waals surface area contributed by atoms with Gasteiger partial charge in [-0.05, 0) is 25.0 Å². The number of para-hydroxylation sites is 1.